The van der Waals surface area contributed by atoms with Gasteiger partial charge in [0.25, 0.3) is 0 Å². The molecule has 1 fully saturated rings. The fraction of sp³-hybridized carbons (Fsp3) is 0.565. The highest BCUT2D eigenvalue weighted by Crippen LogP contribution is 2.32. The van der Waals surface area contributed by atoms with Crippen molar-refractivity contribution in [3.05, 3.63) is 35.9 Å². The van der Waals surface area contributed by atoms with E-state index >= 15 is 0 Å². The van der Waals surface area contributed by atoms with E-state index in [1.807, 2.05) is 29.3 Å². The first-order chi connectivity index (χ1) is 14.5. The molecule has 2 atom stereocenters. The third kappa shape index (κ3) is 4.88. The number of hydrogen-bond acceptors (Lipinski definition) is 4. The number of aromatic nitrogens is 4. The summed E-state index contributed by atoms with van der Waals surface area (Å²) in [5, 5.41) is 18.9. The van der Waals surface area contributed by atoms with E-state index < -0.39 is 0 Å². The van der Waals surface area contributed by atoms with E-state index in [4.69, 9.17) is 11.6 Å². The van der Waals surface area contributed by atoms with Gasteiger partial charge in [-0.05, 0) is 56.7 Å². The molecule has 0 radical (unpaired) electrons. The molecule has 1 saturated heterocycles. The van der Waals surface area contributed by atoms with E-state index in [1.54, 1.807) is 0 Å². The normalized spacial score (nSPS) is 19.8. The number of aliphatic hydroxyl groups excluding tert-OH is 1. The van der Waals surface area contributed by atoms with Gasteiger partial charge in [0, 0.05) is 41.5 Å². The van der Waals surface area contributed by atoms with Crippen LogP contribution in [0.1, 0.15) is 46.0 Å². The highest BCUT2D eigenvalue weighted by atomic mass is 35.5. The second-order valence-electron chi connectivity index (χ2n) is 8.85. The average Bonchev–Trinajstić information content (AvgIpc) is 3.34. The van der Waals surface area contributed by atoms with Crippen LogP contribution in [0, 0.1) is 5.92 Å². The molecule has 0 saturated carbocycles. The van der Waals surface area contributed by atoms with Gasteiger partial charge in [-0.25, -0.2) is 4.98 Å². The number of fused-ring (bicyclic) bond motifs is 1. The Morgan fingerprint density at radius 2 is 2.17 bits per heavy atom. The van der Waals surface area contributed by atoms with Crippen molar-refractivity contribution in [2.45, 2.75) is 71.2 Å². The number of piperidine rings is 1. The van der Waals surface area contributed by atoms with E-state index in [1.165, 1.54) is 0 Å². The molecule has 4 rings (SSSR count). The van der Waals surface area contributed by atoms with Crippen LogP contribution in [-0.2, 0) is 13.1 Å². The summed E-state index contributed by atoms with van der Waals surface area (Å²) >= 11 is 6.40. The van der Waals surface area contributed by atoms with Gasteiger partial charge < -0.3 is 15.0 Å². The molecule has 3 heterocycles. The minimum Gasteiger partial charge on any atom is -0.392 e. The highest BCUT2D eigenvalue weighted by molar-refractivity contribution is 6.31. The van der Waals surface area contributed by atoms with Crippen molar-refractivity contribution in [3.63, 3.8) is 0 Å². The van der Waals surface area contributed by atoms with E-state index in [0.717, 1.165) is 73.9 Å². The lowest BCUT2D eigenvalue weighted by atomic mass is 9.97. The van der Waals surface area contributed by atoms with Crippen LogP contribution in [0.4, 0.5) is 0 Å². The van der Waals surface area contributed by atoms with Crippen LogP contribution >= 0.6 is 11.6 Å². The van der Waals surface area contributed by atoms with Crippen molar-refractivity contribution in [2.24, 2.45) is 5.92 Å². The van der Waals surface area contributed by atoms with Gasteiger partial charge in [0.1, 0.15) is 0 Å². The number of nitrogens with zero attached hydrogens (tertiary/aromatic N) is 4. The molecule has 1 aliphatic heterocycles. The Morgan fingerprint density at radius 3 is 2.97 bits per heavy atom. The zero-order valence-corrected chi connectivity index (χ0v) is 18.6. The smallest absolute Gasteiger partial charge is 0.0958 e. The number of halogens is 1. The van der Waals surface area contributed by atoms with Crippen LogP contribution in [0.25, 0.3) is 22.2 Å². The van der Waals surface area contributed by atoms with Crippen molar-refractivity contribution in [1.82, 2.24) is 24.6 Å². The molecule has 6 nitrogen and oxygen atoms in total. The van der Waals surface area contributed by atoms with Gasteiger partial charge in [-0.3, -0.25) is 4.68 Å². The number of aliphatic hydroxyl groups is 1. The van der Waals surface area contributed by atoms with Crippen molar-refractivity contribution in [2.75, 3.05) is 6.54 Å². The van der Waals surface area contributed by atoms with Gasteiger partial charge in [-0.15, -0.1) is 0 Å². The summed E-state index contributed by atoms with van der Waals surface area (Å²) < 4.78 is 4.22. The molecule has 1 aromatic carbocycles. The molecule has 30 heavy (non-hydrogen) atoms. The van der Waals surface area contributed by atoms with Crippen LogP contribution < -0.4 is 5.32 Å². The molecule has 0 amide bonds. The second kappa shape index (κ2) is 9.50. The van der Waals surface area contributed by atoms with Gasteiger partial charge in [0.15, 0.2) is 0 Å². The average molecular weight is 430 g/mol. The van der Waals surface area contributed by atoms with Gasteiger partial charge in [0.05, 0.1) is 29.7 Å². The third-order valence-electron chi connectivity index (χ3n) is 6.02. The van der Waals surface area contributed by atoms with Crippen LogP contribution in [0.2, 0.25) is 5.02 Å². The quantitative estimate of drug-likeness (QED) is 0.553. The highest BCUT2D eigenvalue weighted by Gasteiger charge is 2.22. The van der Waals surface area contributed by atoms with Crippen LogP contribution in [0.15, 0.2) is 30.9 Å². The SMILES string of the molecule is CC(C)CCn1cc(-c2cc(Cl)cc3ncn(CCC[C@H]4NCCC[C@@H]4O)c23)cn1. The summed E-state index contributed by atoms with van der Waals surface area (Å²) in [6.45, 7) is 7.23. The number of imidazole rings is 1. The summed E-state index contributed by atoms with van der Waals surface area (Å²) in [5.74, 6) is 0.647. The maximum absolute atomic E-state index is 10.2. The number of aryl methyl sites for hydroxylation is 2. The summed E-state index contributed by atoms with van der Waals surface area (Å²) in [4.78, 5) is 4.60. The van der Waals surface area contributed by atoms with E-state index in [0.29, 0.717) is 10.9 Å². The number of benzene rings is 1. The van der Waals surface area contributed by atoms with E-state index in [2.05, 4.69) is 40.0 Å². The molecule has 2 N–H and O–H groups in total. The van der Waals surface area contributed by atoms with Crippen LogP contribution in [-0.4, -0.2) is 43.1 Å². The Labute approximate surface area is 183 Å². The molecule has 7 heteroatoms. The Hall–Kier alpha value is -1.89. The topological polar surface area (TPSA) is 67.9 Å². The van der Waals surface area contributed by atoms with Gasteiger partial charge in [0.2, 0.25) is 0 Å². The van der Waals surface area contributed by atoms with Crippen LogP contribution in [0.5, 0.6) is 0 Å². The Balaban J connectivity index is 1.54. The minimum atomic E-state index is -0.232. The minimum absolute atomic E-state index is 0.196. The van der Waals surface area contributed by atoms with E-state index in [9.17, 15) is 5.11 Å². The Kier molecular flexibility index (Phi) is 6.76. The molecular formula is C23H32ClN5O. The first-order valence-electron chi connectivity index (χ1n) is 11.1. The summed E-state index contributed by atoms with van der Waals surface area (Å²) in [7, 11) is 0. The molecule has 0 aliphatic carbocycles. The Morgan fingerprint density at radius 1 is 1.30 bits per heavy atom. The van der Waals surface area contributed by atoms with Gasteiger partial charge >= 0.3 is 0 Å². The fourth-order valence-electron chi connectivity index (χ4n) is 4.29. The molecular weight excluding hydrogens is 398 g/mol. The monoisotopic (exact) mass is 429 g/mol. The molecule has 1 aliphatic rings. The van der Waals surface area contributed by atoms with Crippen molar-refractivity contribution in [1.29, 1.82) is 0 Å². The lowest BCUT2D eigenvalue weighted by Gasteiger charge is -2.29. The molecule has 0 spiro atoms. The molecule has 3 aromatic rings. The summed E-state index contributed by atoms with van der Waals surface area (Å²) in [5.41, 5.74) is 4.14. The zero-order chi connectivity index (χ0) is 21.1. The molecule has 2 aromatic heterocycles. The fourth-order valence-corrected chi connectivity index (χ4v) is 4.50. The third-order valence-corrected chi connectivity index (χ3v) is 6.24. The van der Waals surface area contributed by atoms with Crippen molar-refractivity contribution >= 4 is 22.6 Å². The van der Waals surface area contributed by atoms with Crippen LogP contribution in [0.3, 0.4) is 0 Å². The summed E-state index contributed by atoms with van der Waals surface area (Å²) in [6, 6.07) is 4.13. The molecule has 162 valence electrons. The lowest BCUT2D eigenvalue weighted by molar-refractivity contribution is 0.0909. The van der Waals surface area contributed by atoms with Gasteiger partial charge in [-0.1, -0.05) is 25.4 Å². The van der Waals surface area contributed by atoms with Crippen molar-refractivity contribution < 1.29 is 5.11 Å². The van der Waals surface area contributed by atoms with E-state index in [-0.39, 0.29) is 12.1 Å². The maximum Gasteiger partial charge on any atom is 0.0958 e. The predicted octanol–water partition coefficient (Wildman–Crippen LogP) is 4.49. The summed E-state index contributed by atoms with van der Waals surface area (Å²) in [6.07, 6.45) is 10.7. The lowest BCUT2D eigenvalue weighted by Crippen LogP contribution is -2.44. The maximum atomic E-state index is 10.2. The largest absolute Gasteiger partial charge is 0.392 e. The zero-order valence-electron chi connectivity index (χ0n) is 17.9. The second-order valence-corrected chi connectivity index (χ2v) is 9.28. The number of hydrogen-bond donors (Lipinski definition) is 2. The van der Waals surface area contributed by atoms with Gasteiger partial charge in [-0.2, -0.15) is 5.10 Å². The predicted molar refractivity (Wildman–Crippen MR) is 122 cm³/mol. The first-order valence-corrected chi connectivity index (χ1v) is 11.5. The molecule has 0 bridgehead atoms. The van der Waals surface area contributed by atoms with Crippen molar-refractivity contribution in [3.8, 4) is 11.1 Å². The first kappa shape index (κ1) is 21.3. The number of nitrogens with one attached hydrogen (secondary N) is 1. The number of rotatable bonds is 8. The Bertz CT molecular complexity index is 979. The standard InChI is InChI=1S/C23H32ClN5O/c1-16(2)7-10-29-14-17(13-27-29)19-11-18(24)12-21-23(19)28(15-26-21)9-4-5-20-22(30)6-3-8-25-20/h11-16,20,22,25,30H,3-10H2,1-2H3/t20-,22+/m1/s1. The molecule has 0 unspecified atom stereocenters.